The van der Waals surface area contributed by atoms with Crippen molar-refractivity contribution in [3.8, 4) is 11.5 Å². The van der Waals surface area contributed by atoms with Crippen molar-refractivity contribution < 1.29 is 32.6 Å². The molecule has 0 bridgehead atoms. The number of rotatable bonds is 8. The minimum Gasteiger partial charge on any atom is -0.493 e. The van der Waals surface area contributed by atoms with E-state index in [0.29, 0.717) is 23.7 Å². The average molecular weight is 391 g/mol. The lowest BCUT2D eigenvalue weighted by atomic mass is 10.2. The maximum absolute atomic E-state index is 13.5. The van der Waals surface area contributed by atoms with Crippen LogP contribution >= 0.6 is 0 Å². The summed E-state index contributed by atoms with van der Waals surface area (Å²) in [6.45, 7) is 1.64. The summed E-state index contributed by atoms with van der Waals surface area (Å²) in [5.41, 5.74) is 0.325. The fraction of sp³-hybridized carbons (Fsp3) is 0.200. The van der Waals surface area contributed by atoms with E-state index in [1.807, 2.05) is 6.92 Å². The molecule has 148 valence electrons. The largest absolute Gasteiger partial charge is 0.493 e. The first-order chi connectivity index (χ1) is 13.4. The Bertz CT molecular complexity index is 883. The minimum atomic E-state index is -0.800. The van der Waals surface area contributed by atoms with Crippen LogP contribution in [0.3, 0.4) is 0 Å². The second-order valence-corrected chi connectivity index (χ2v) is 5.46. The Morgan fingerprint density at radius 3 is 2.61 bits per heavy atom. The molecule has 0 unspecified atom stereocenters. The predicted octanol–water partition coefficient (Wildman–Crippen LogP) is 3.57. The van der Waals surface area contributed by atoms with Gasteiger partial charge in [0.25, 0.3) is 5.91 Å². The molecule has 6 nitrogen and oxygen atoms in total. The van der Waals surface area contributed by atoms with Crippen molar-refractivity contribution in [3.05, 3.63) is 59.7 Å². The molecule has 0 aliphatic rings. The highest BCUT2D eigenvalue weighted by Crippen LogP contribution is 2.28. The molecule has 0 aliphatic heterocycles. The van der Waals surface area contributed by atoms with E-state index in [2.05, 4.69) is 5.32 Å². The van der Waals surface area contributed by atoms with Crippen LogP contribution < -0.4 is 14.8 Å². The number of carbonyl (C=O) groups excluding carboxylic acids is 2. The van der Waals surface area contributed by atoms with Crippen LogP contribution in [-0.2, 0) is 14.3 Å². The molecule has 1 N–H and O–H groups in total. The smallest absolute Gasteiger partial charge is 0.331 e. The number of ether oxygens (including phenoxy) is 3. The number of esters is 1. The maximum Gasteiger partial charge on any atom is 0.331 e. The molecule has 8 heteroatoms. The highest BCUT2D eigenvalue weighted by atomic mass is 19.1. The summed E-state index contributed by atoms with van der Waals surface area (Å²) < 4.78 is 41.9. The highest BCUT2D eigenvalue weighted by Gasteiger charge is 2.10. The topological polar surface area (TPSA) is 73.9 Å². The SMILES string of the molecule is CCOc1cc(/C=C/C(=O)OCC(=O)Nc2cc(F)ccc2F)ccc1OC. The maximum atomic E-state index is 13.5. The second kappa shape index (κ2) is 10.1. The molecule has 2 rings (SSSR count). The first kappa shape index (κ1) is 20.9. The van der Waals surface area contributed by atoms with E-state index >= 15 is 0 Å². The summed E-state index contributed by atoms with van der Waals surface area (Å²) in [6.07, 6.45) is 2.61. The molecule has 0 aliphatic carbocycles. The van der Waals surface area contributed by atoms with Gasteiger partial charge in [0.05, 0.1) is 19.4 Å². The molecule has 0 saturated carbocycles. The quantitative estimate of drug-likeness (QED) is 0.550. The monoisotopic (exact) mass is 391 g/mol. The number of nitrogens with one attached hydrogen (secondary N) is 1. The van der Waals surface area contributed by atoms with Crippen LogP contribution in [0.15, 0.2) is 42.5 Å². The van der Waals surface area contributed by atoms with Crippen LogP contribution in [-0.4, -0.2) is 32.2 Å². The van der Waals surface area contributed by atoms with Gasteiger partial charge in [-0.15, -0.1) is 0 Å². The Kier molecular flexibility index (Phi) is 7.50. The molecule has 0 saturated heterocycles. The van der Waals surface area contributed by atoms with Crippen LogP contribution in [0.4, 0.5) is 14.5 Å². The summed E-state index contributed by atoms with van der Waals surface area (Å²) in [5.74, 6) is -1.99. The second-order valence-electron chi connectivity index (χ2n) is 5.46. The molecule has 0 spiro atoms. The van der Waals surface area contributed by atoms with E-state index in [4.69, 9.17) is 14.2 Å². The first-order valence-electron chi connectivity index (χ1n) is 8.33. The number of amides is 1. The van der Waals surface area contributed by atoms with Crippen LogP contribution in [0, 0.1) is 11.6 Å². The first-order valence-corrected chi connectivity index (χ1v) is 8.33. The van der Waals surface area contributed by atoms with Gasteiger partial charge in [0.1, 0.15) is 11.6 Å². The van der Waals surface area contributed by atoms with E-state index in [1.54, 1.807) is 18.2 Å². The summed E-state index contributed by atoms with van der Waals surface area (Å²) in [4.78, 5) is 23.5. The van der Waals surface area contributed by atoms with Crippen molar-refractivity contribution >= 4 is 23.6 Å². The Hall–Kier alpha value is -3.42. The van der Waals surface area contributed by atoms with Crippen molar-refractivity contribution in [3.63, 3.8) is 0 Å². The number of hydrogen-bond donors (Lipinski definition) is 1. The van der Waals surface area contributed by atoms with Crippen LogP contribution in [0.2, 0.25) is 0 Å². The van der Waals surface area contributed by atoms with Gasteiger partial charge >= 0.3 is 5.97 Å². The van der Waals surface area contributed by atoms with Crippen LogP contribution in [0.1, 0.15) is 12.5 Å². The van der Waals surface area contributed by atoms with Gasteiger partial charge in [-0.3, -0.25) is 4.79 Å². The van der Waals surface area contributed by atoms with Crippen LogP contribution in [0.5, 0.6) is 11.5 Å². The molecular weight excluding hydrogens is 372 g/mol. The van der Waals surface area contributed by atoms with Crippen molar-refractivity contribution in [1.29, 1.82) is 0 Å². The summed E-state index contributed by atoms with van der Waals surface area (Å²) in [7, 11) is 1.52. The van der Waals surface area contributed by atoms with Gasteiger partial charge in [-0.2, -0.15) is 0 Å². The molecule has 0 atom stereocenters. The van der Waals surface area contributed by atoms with Gasteiger partial charge < -0.3 is 19.5 Å². The average Bonchev–Trinajstić information content (AvgIpc) is 2.68. The fourth-order valence-electron chi connectivity index (χ4n) is 2.19. The highest BCUT2D eigenvalue weighted by molar-refractivity contribution is 5.94. The summed E-state index contributed by atoms with van der Waals surface area (Å²) in [6, 6.07) is 7.72. The molecule has 2 aromatic rings. The van der Waals surface area contributed by atoms with E-state index in [-0.39, 0.29) is 5.69 Å². The fourth-order valence-corrected chi connectivity index (χ4v) is 2.19. The number of benzene rings is 2. The molecule has 2 aromatic carbocycles. The number of carbonyl (C=O) groups is 2. The Labute approximate surface area is 160 Å². The molecule has 28 heavy (non-hydrogen) atoms. The normalized spacial score (nSPS) is 10.6. The van der Waals surface area contributed by atoms with E-state index in [0.717, 1.165) is 24.3 Å². The molecule has 1 amide bonds. The van der Waals surface area contributed by atoms with Crippen molar-refractivity contribution in [2.24, 2.45) is 0 Å². The van der Waals surface area contributed by atoms with Gasteiger partial charge in [-0.1, -0.05) is 6.07 Å². The third-order valence-electron chi connectivity index (χ3n) is 3.45. The number of anilines is 1. The summed E-state index contributed by atoms with van der Waals surface area (Å²) >= 11 is 0. The number of halogens is 2. The third-order valence-corrected chi connectivity index (χ3v) is 3.45. The van der Waals surface area contributed by atoms with Crippen molar-refractivity contribution in [1.82, 2.24) is 0 Å². The standard InChI is InChI=1S/C20H19F2NO5/c1-3-27-18-10-13(4-8-17(18)26-2)5-9-20(25)28-12-19(24)23-16-11-14(21)6-7-15(16)22/h4-11H,3,12H2,1-2H3,(H,23,24)/b9-5+. The number of methoxy groups -OCH3 is 1. The van der Waals surface area contributed by atoms with Gasteiger partial charge in [-0.25, -0.2) is 13.6 Å². The van der Waals surface area contributed by atoms with Gasteiger partial charge in [-0.05, 0) is 42.8 Å². The number of hydrogen-bond acceptors (Lipinski definition) is 5. The zero-order valence-electron chi connectivity index (χ0n) is 15.3. The Balaban J connectivity index is 1.90. The predicted molar refractivity (Wildman–Crippen MR) is 99.1 cm³/mol. The van der Waals surface area contributed by atoms with E-state index in [1.165, 1.54) is 13.2 Å². The van der Waals surface area contributed by atoms with E-state index < -0.39 is 30.1 Å². The molecule has 0 aromatic heterocycles. The van der Waals surface area contributed by atoms with Gasteiger partial charge in [0.2, 0.25) is 0 Å². The van der Waals surface area contributed by atoms with Crippen molar-refractivity contribution in [2.75, 3.05) is 25.6 Å². The molecular formula is C20H19F2NO5. The van der Waals surface area contributed by atoms with Crippen LogP contribution in [0.25, 0.3) is 6.08 Å². The Morgan fingerprint density at radius 1 is 1.11 bits per heavy atom. The molecule has 0 heterocycles. The van der Waals surface area contributed by atoms with Gasteiger partial charge in [0.15, 0.2) is 18.1 Å². The molecule has 0 fully saturated rings. The van der Waals surface area contributed by atoms with Gasteiger partial charge in [0, 0.05) is 12.1 Å². The zero-order chi connectivity index (χ0) is 20.5. The molecule has 0 radical (unpaired) electrons. The third kappa shape index (κ3) is 6.08. The minimum absolute atomic E-state index is 0.335. The lowest BCUT2D eigenvalue weighted by Crippen LogP contribution is -2.20. The Morgan fingerprint density at radius 2 is 1.89 bits per heavy atom. The van der Waals surface area contributed by atoms with Crippen molar-refractivity contribution in [2.45, 2.75) is 6.92 Å². The zero-order valence-corrected chi connectivity index (χ0v) is 15.3. The van der Waals surface area contributed by atoms with E-state index in [9.17, 15) is 18.4 Å². The lowest BCUT2D eigenvalue weighted by Gasteiger charge is -2.09. The summed E-state index contributed by atoms with van der Waals surface area (Å²) in [5, 5.41) is 2.13. The lowest BCUT2D eigenvalue weighted by molar-refractivity contribution is -0.142.